The molecule has 0 spiro atoms. The molecule has 1 nitrogen and oxygen atoms in total. The van der Waals surface area contributed by atoms with Crippen molar-refractivity contribution in [1.29, 1.82) is 0 Å². The van der Waals surface area contributed by atoms with Crippen LogP contribution in [0.15, 0.2) is 30.9 Å². The van der Waals surface area contributed by atoms with Crippen molar-refractivity contribution in [3.05, 3.63) is 47.5 Å². The van der Waals surface area contributed by atoms with E-state index in [1.807, 2.05) is 0 Å². The fraction of sp³-hybridized carbons (Fsp3) is 0.333. The number of aryl methyl sites for hydroxylation is 2. The second-order valence-electron chi connectivity index (χ2n) is 3.23. The van der Waals surface area contributed by atoms with Gasteiger partial charge in [0.05, 0.1) is 13.2 Å². The normalized spacial score (nSPS) is 10.0. The Morgan fingerprint density at radius 1 is 1.38 bits per heavy atom. The maximum absolute atomic E-state index is 5.37. The summed E-state index contributed by atoms with van der Waals surface area (Å²) in [5.74, 6) is 0. The van der Waals surface area contributed by atoms with Gasteiger partial charge in [0.25, 0.3) is 0 Å². The molecule has 1 aromatic carbocycles. The molecule has 0 atom stereocenters. The maximum Gasteiger partial charge on any atom is 0.0723 e. The van der Waals surface area contributed by atoms with Crippen molar-refractivity contribution in [2.75, 3.05) is 6.61 Å². The predicted octanol–water partition coefficient (Wildman–Crippen LogP) is 3.01. The summed E-state index contributed by atoms with van der Waals surface area (Å²) in [7, 11) is 0. The van der Waals surface area contributed by atoms with E-state index in [9.17, 15) is 0 Å². The van der Waals surface area contributed by atoms with E-state index in [-0.39, 0.29) is 0 Å². The summed E-state index contributed by atoms with van der Waals surface area (Å²) in [4.78, 5) is 0. The third-order valence-corrected chi connectivity index (χ3v) is 1.99. The van der Waals surface area contributed by atoms with Crippen molar-refractivity contribution >= 4 is 0 Å². The molecule has 1 rings (SSSR count). The number of ether oxygens (including phenoxy) is 1. The lowest BCUT2D eigenvalue weighted by Crippen LogP contribution is -1.95. The van der Waals surface area contributed by atoms with E-state index in [1.54, 1.807) is 6.08 Å². The van der Waals surface area contributed by atoms with Crippen LogP contribution >= 0.6 is 0 Å². The first-order chi connectivity index (χ1) is 6.24. The van der Waals surface area contributed by atoms with Gasteiger partial charge in [0.2, 0.25) is 0 Å². The largest absolute Gasteiger partial charge is 0.373 e. The summed E-state index contributed by atoms with van der Waals surface area (Å²) >= 11 is 0. The average molecular weight is 176 g/mol. The molecule has 1 aromatic rings. The molecule has 0 aliphatic carbocycles. The van der Waals surface area contributed by atoms with Gasteiger partial charge in [-0.15, -0.1) is 6.58 Å². The number of rotatable bonds is 4. The fourth-order valence-corrected chi connectivity index (χ4v) is 1.26. The molecule has 0 aromatic heterocycles. The minimum Gasteiger partial charge on any atom is -0.373 e. The Kier molecular flexibility index (Phi) is 3.71. The first-order valence-electron chi connectivity index (χ1n) is 4.49. The van der Waals surface area contributed by atoms with Crippen molar-refractivity contribution in [3.8, 4) is 0 Å². The van der Waals surface area contributed by atoms with Gasteiger partial charge in [-0.25, -0.2) is 0 Å². The van der Waals surface area contributed by atoms with E-state index in [0.717, 1.165) is 0 Å². The summed E-state index contributed by atoms with van der Waals surface area (Å²) in [6.07, 6.45) is 1.77. The molecule has 0 amide bonds. The average Bonchev–Trinajstić information content (AvgIpc) is 2.09. The summed E-state index contributed by atoms with van der Waals surface area (Å²) in [5.41, 5.74) is 3.85. The minimum absolute atomic E-state index is 0.618. The third-order valence-electron chi connectivity index (χ3n) is 1.99. The van der Waals surface area contributed by atoms with Crippen LogP contribution in [-0.4, -0.2) is 6.61 Å². The summed E-state index contributed by atoms with van der Waals surface area (Å²) in [6.45, 7) is 9.11. The molecule has 0 N–H and O–H groups in total. The summed E-state index contributed by atoms with van der Waals surface area (Å²) < 4.78 is 5.37. The molecule has 0 fully saturated rings. The van der Waals surface area contributed by atoms with Crippen molar-refractivity contribution in [3.63, 3.8) is 0 Å². The zero-order chi connectivity index (χ0) is 9.68. The van der Waals surface area contributed by atoms with Gasteiger partial charge in [0.1, 0.15) is 0 Å². The van der Waals surface area contributed by atoms with E-state index in [2.05, 4.69) is 38.6 Å². The van der Waals surface area contributed by atoms with Crippen molar-refractivity contribution < 1.29 is 4.74 Å². The second-order valence-corrected chi connectivity index (χ2v) is 3.23. The highest BCUT2D eigenvalue weighted by molar-refractivity contribution is 5.29. The Hall–Kier alpha value is -1.08. The van der Waals surface area contributed by atoms with Crippen LogP contribution in [0.3, 0.4) is 0 Å². The standard InChI is InChI=1S/C12H16O/c1-4-7-13-9-12-6-5-10(2)8-11(12)3/h4-6,8H,1,7,9H2,2-3H3. The van der Waals surface area contributed by atoms with Gasteiger partial charge in [-0.05, 0) is 25.0 Å². The van der Waals surface area contributed by atoms with E-state index in [4.69, 9.17) is 4.74 Å². The highest BCUT2D eigenvalue weighted by Gasteiger charge is 1.97. The lowest BCUT2D eigenvalue weighted by atomic mass is 10.1. The first-order valence-corrected chi connectivity index (χ1v) is 4.49. The number of hydrogen-bond acceptors (Lipinski definition) is 1. The third kappa shape index (κ3) is 3.03. The molecule has 0 heterocycles. The van der Waals surface area contributed by atoms with Gasteiger partial charge >= 0.3 is 0 Å². The minimum atomic E-state index is 0.618. The van der Waals surface area contributed by atoms with E-state index in [1.165, 1.54) is 16.7 Å². The van der Waals surface area contributed by atoms with Crippen molar-refractivity contribution in [2.24, 2.45) is 0 Å². The van der Waals surface area contributed by atoms with Crippen molar-refractivity contribution in [2.45, 2.75) is 20.5 Å². The molecule has 0 saturated heterocycles. The lowest BCUT2D eigenvalue weighted by Gasteiger charge is -2.06. The summed E-state index contributed by atoms with van der Waals surface area (Å²) in [5, 5.41) is 0. The Labute approximate surface area is 80.0 Å². The molecule has 13 heavy (non-hydrogen) atoms. The van der Waals surface area contributed by atoms with Crippen LogP contribution in [0.1, 0.15) is 16.7 Å². The van der Waals surface area contributed by atoms with Gasteiger partial charge in [0, 0.05) is 0 Å². The fourth-order valence-electron chi connectivity index (χ4n) is 1.26. The van der Waals surface area contributed by atoms with Crippen LogP contribution in [0.5, 0.6) is 0 Å². The quantitative estimate of drug-likeness (QED) is 0.506. The molecular formula is C12H16O. The zero-order valence-corrected chi connectivity index (χ0v) is 8.34. The molecule has 0 bridgehead atoms. The van der Waals surface area contributed by atoms with Crippen LogP contribution in [0, 0.1) is 13.8 Å². The molecule has 0 aliphatic rings. The van der Waals surface area contributed by atoms with Crippen LogP contribution < -0.4 is 0 Å². The van der Waals surface area contributed by atoms with E-state index >= 15 is 0 Å². The number of hydrogen-bond donors (Lipinski definition) is 0. The SMILES string of the molecule is C=CCOCc1ccc(C)cc1C. The van der Waals surface area contributed by atoms with E-state index in [0.29, 0.717) is 13.2 Å². The van der Waals surface area contributed by atoms with Gasteiger partial charge in [0.15, 0.2) is 0 Å². The zero-order valence-electron chi connectivity index (χ0n) is 8.34. The molecule has 0 aliphatic heterocycles. The van der Waals surface area contributed by atoms with Crippen LogP contribution in [0.4, 0.5) is 0 Å². The Morgan fingerprint density at radius 2 is 2.15 bits per heavy atom. The van der Waals surface area contributed by atoms with Gasteiger partial charge < -0.3 is 4.74 Å². The molecule has 70 valence electrons. The van der Waals surface area contributed by atoms with Crippen LogP contribution in [-0.2, 0) is 11.3 Å². The molecule has 1 heteroatoms. The van der Waals surface area contributed by atoms with Gasteiger partial charge in [-0.2, -0.15) is 0 Å². The monoisotopic (exact) mass is 176 g/mol. The molecule has 0 radical (unpaired) electrons. The first kappa shape index (κ1) is 10.0. The Balaban J connectivity index is 2.61. The summed E-state index contributed by atoms with van der Waals surface area (Å²) in [6, 6.07) is 6.40. The highest BCUT2D eigenvalue weighted by Crippen LogP contribution is 2.11. The van der Waals surface area contributed by atoms with Crippen LogP contribution in [0.2, 0.25) is 0 Å². The second kappa shape index (κ2) is 4.83. The van der Waals surface area contributed by atoms with Gasteiger partial charge in [-0.1, -0.05) is 29.8 Å². The van der Waals surface area contributed by atoms with Crippen LogP contribution in [0.25, 0.3) is 0 Å². The highest BCUT2D eigenvalue weighted by atomic mass is 16.5. The predicted molar refractivity (Wildman–Crippen MR) is 55.8 cm³/mol. The number of benzene rings is 1. The topological polar surface area (TPSA) is 9.23 Å². The Bertz CT molecular complexity index is 289. The smallest absolute Gasteiger partial charge is 0.0723 e. The Morgan fingerprint density at radius 3 is 2.77 bits per heavy atom. The lowest BCUT2D eigenvalue weighted by molar-refractivity contribution is 0.148. The van der Waals surface area contributed by atoms with Gasteiger partial charge in [-0.3, -0.25) is 0 Å². The molecule has 0 unspecified atom stereocenters. The maximum atomic E-state index is 5.37. The molecular weight excluding hydrogens is 160 g/mol. The molecule has 0 saturated carbocycles. The van der Waals surface area contributed by atoms with E-state index < -0.39 is 0 Å². The van der Waals surface area contributed by atoms with Crippen molar-refractivity contribution in [1.82, 2.24) is 0 Å².